The predicted octanol–water partition coefficient (Wildman–Crippen LogP) is 3.84. The quantitative estimate of drug-likeness (QED) is 0.799. The Labute approximate surface area is 114 Å². The zero-order valence-corrected chi connectivity index (χ0v) is 12.3. The highest BCUT2D eigenvalue weighted by atomic mass is 79.9. The maximum atomic E-state index is 13.8. The van der Waals surface area contributed by atoms with Crippen LogP contribution < -0.4 is 0 Å². The molecule has 0 saturated carbocycles. The summed E-state index contributed by atoms with van der Waals surface area (Å²) in [6.45, 7) is 7.14. The molecule has 1 aromatic heterocycles. The van der Waals surface area contributed by atoms with Gasteiger partial charge in [-0.15, -0.1) is 0 Å². The average Bonchev–Trinajstić information content (AvgIpc) is 2.56. The normalized spacial score (nSPS) is 15.2. The van der Waals surface area contributed by atoms with Crippen molar-refractivity contribution in [3.63, 3.8) is 0 Å². The summed E-state index contributed by atoms with van der Waals surface area (Å²) in [6, 6.07) is 3.61. The van der Waals surface area contributed by atoms with Crippen LogP contribution in [-0.2, 0) is 4.74 Å². The van der Waals surface area contributed by atoms with Crippen LogP contribution in [0.4, 0.5) is 4.39 Å². The third kappa shape index (κ3) is 2.17. The minimum Gasteiger partial charge on any atom is -0.377 e. The molecule has 1 aliphatic heterocycles. The number of aryl methyl sites for hydroxylation is 1. The van der Waals surface area contributed by atoms with Gasteiger partial charge in [-0.25, -0.2) is 4.39 Å². The van der Waals surface area contributed by atoms with E-state index in [1.54, 1.807) is 0 Å². The van der Waals surface area contributed by atoms with Crippen molar-refractivity contribution in [2.24, 2.45) is 0 Å². The van der Waals surface area contributed by atoms with E-state index in [1.165, 1.54) is 6.07 Å². The van der Waals surface area contributed by atoms with E-state index < -0.39 is 0 Å². The van der Waals surface area contributed by atoms with Crippen molar-refractivity contribution in [1.29, 1.82) is 0 Å². The molecule has 0 amide bonds. The molecule has 0 bridgehead atoms. The molecule has 2 aromatic rings. The van der Waals surface area contributed by atoms with Gasteiger partial charge in [-0.05, 0) is 19.1 Å². The van der Waals surface area contributed by atoms with E-state index in [9.17, 15) is 4.39 Å². The van der Waals surface area contributed by atoms with Crippen LogP contribution in [-0.4, -0.2) is 23.0 Å². The molecule has 18 heavy (non-hydrogen) atoms. The molecule has 1 fully saturated rings. The van der Waals surface area contributed by atoms with Gasteiger partial charge in [0.15, 0.2) is 0 Å². The second kappa shape index (κ2) is 5.36. The van der Waals surface area contributed by atoms with Gasteiger partial charge in [-0.2, -0.15) is 5.10 Å². The molecular formula is C13H16BrFN2O. The van der Waals surface area contributed by atoms with Crippen LogP contribution in [0.25, 0.3) is 10.9 Å². The lowest BCUT2D eigenvalue weighted by atomic mass is 10.2. The Morgan fingerprint density at radius 3 is 2.61 bits per heavy atom. The van der Waals surface area contributed by atoms with Gasteiger partial charge in [0, 0.05) is 4.47 Å². The SMILES string of the molecule is CC.Cc1nn(C2COC2)c2cc(Br)cc(F)c12. The Kier molecular flexibility index (Phi) is 4.02. The third-order valence-electron chi connectivity index (χ3n) is 2.87. The van der Waals surface area contributed by atoms with Crippen LogP contribution in [0.5, 0.6) is 0 Å². The number of hydrogen-bond donors (Lipinski definition) is 0. The molecule has 0 spiro atoms. The molecule has 0 N–H and O–H groups in total. The van der Waals surface area contributed by atoms with Crippen LogP contribution >= 0.6 is 15.9 Å². The van der Waals surface area contributed by atoms with Gasteiger partial charge in [0.05, 0.1) is 35.9 Å². The third-order valence-corrected chi connectivity index (χ3v) is 3.32. The van der Waals surface area contributed by atoms with Crippen molar-refractivity contribution in [3.8, 4) is 0 Å². The molecule has 1 saturated heterocycles. The summed E-state index contributed by atoms with van der Waals surface area (Å²) in [5.41, 5.74) is 1.56. The number of halogens is 2. The van der Waals surface area contributed by atoms with Gasteiger partial charge in [0.2, 0.25) is 0 Å². The average molecular weight is 315 g/mol. The molecule has 0 aliphatic carbocycles. The van der Waals surface area contributed by atoms with E-state index in [2.05, 4.69) is 21.0 Å². The lowest BCUT2D eigenvalue weighted by molar-refractivity contribution is -0.0267. The molecule has 1 aromatic carbocycles. The van der Waals surface area contributed by atoms with Crippen LogP contribution in [0.3, 0.4) is 0 Å². The maximum Gasteiger partial charge on any atom is 0.135 e. The van der Waals surface area contributed by atoms with Crippen LogP contribution in [0.1, 0.15) is 25.6 Å². The highest BCUT2D eigenvalue weighted by molar-refractivity contribution is 9.10. The Bertz CT molecular complexity index is 564. The Morgan fingerprint density at radius 2 is 2.06 bits per heavy atom. The van der Waals surface area contributed by atoms with Crippen molar-refractivity contribution in [3.05, 3.63) is 28.1 Å². The summed E-state index contributed by atoms with van der Waals surface area (Å²) in [5, 5.41) is 5.00. The fourth-order valence-corrected chi connectivity index (χ4v) is 2.42. The van der Waals surface area contributed by atoms with Crippen LogP contribution in [0.15, 0.2) is 16.6 Å². The molecule has 98 valence electrons. The largest absolute Gasteiger partial charge is 0.377 e. The molecule has 0 unspecified atom stereocenters. The molecule has 0 atom stereocenters. The monoisotopic (exact) mass is 314 g/mol. The summed E-state index contributed by atoms with van der Waals surface area (Å²) in [4.78, 5) is 0. The van der Waals surface area contributed by atoms with Crippen LogP contribution in [0.2, 0.25) is 0 Å². The standard InChI is InChI=1S/C11H10BrFN2O.C2H6/c1-6-11-9(13)2-7(12)3-10(11)15(14-6)8-4-16-5-8;1-2/h2-3,8H,4-5H2,1H3;1-2H3. The van der Waals surface area contributed by atoms with Gasteiger partial charge >= 0.3 is 0 Å². The summed E-state index contributed by atoms with van der Waals surface area (Å²) >= 11 is 3.30. The minimum atomic E-state index is -0.228. The van der Waals surface area contributed by atoms with E-state index in [1.807, 2.05) is 31.5 Å². The lowest BCUT2D eigenvalue weighted by Gasteiger charge is -2.26. The first-order valence-electron chi connectivity index (χ1n) is 6.08. The van der Waals surface area contributed by atoms with Gasteiger partial charge in [0.1, 0.15) is 5.82 Å². The fourth-order valence-electron chi connectivity index (χ4n) is 2.01. The zero-order valence-electron chi connectivity index (χ0n) is 10.7. The van der Waals surface area contributed by atoms with E-state index in [0.29, 0.717) is 18.6 Å². The second-order valence-electron chi connectivity index (χ2n) is 4.00. The minimum absolute atomic E-state index is 0.228. The van der Waals surface area contributed by atoms with E-state index >= 15 is 0 Å². The lowest BCUT2D eigenvalue weighted by Crippen LogP contribution is -2.31. The van der Waals surface area contributed by atoms with Gasteiger partial charge in [-0.3, -0.25) is 4.68 Å². The summed E-state index contributed by atoms with van der Waals surface area (Å²) in [6.07, 6.45) is 0. The molecule has 2 heterocycles. The zero-order chi connectivity index (χ0) is 13.3. The second-order valence-corrected chi connectivity index (χ2v) is 4.92. The van der Waals surface area contributed by atoms with Crippen molar-refractivity contribution in [1.82, 2.24) is 9.78 Å². The number of benzene rings is 1. The molecular weight excluding hydrogens is 299 g/mol. The van der Waals surface area contributed by atoms with Crippen LogP contribution in [0, 0.1) is 12.7 Å². The van der Waals surface area contributed by atoms with E-state index in [-0.39, 0.29) is 11.9 Å². The number of rotatable bonds is 1. The van der Waals surface area contributed by atoms with Gasteiger partial charge in [-0.1, -0.05) is 29.8 Å². The Morgan fingerprint density at radius 1 is 1.39 bits per heavy atom. The van der Waals surface area contributed by atoms with Crippen molar-refractivity contribution in [2.45, 2.75) is 26.8 Å². The van der Waals surface area contributed by atoms with Crippen molar-refractivity contribution < 1.29 is 9.13 Å². The van der Waals surface area contributed by atoms with E-state index in [0.717, 1.165) is 15.7 Å². The highest BCUT2D eigenvalue weighted by Crippen LogP contribution is 2.29. The number of fused-ring (bicyclic) bond motifs is 1. The van der Waals surface area contributed by atoms with Crippen molar-refractivity contribution in [2.75, 3.05) is 13.2 Å². The Balaban J connectivity index is 0.000000574. The predicted molar refractivity (Wildman–Crippen MR) is 73.3 cm³/mol. The number of aromatic nitrogens is 2. The summed E-state index contributed by atoms with van der Waals surface area (Å²) < 4.78 is 21.5. The number of nitrogens with zero attached hydrogens (tertiary/aromatic N) is 2. The first-order valence-corrected chi connectivity index (χ1v) is 6.87. The molecule has 3 rings (SSSR count). The highest BCUT2D eigenvalue weighted by Gasteiger charge is 2.25. The molecule has 3 nitrogen and oxygen atoms in total. The summed E-state index contributed by atoms with van der Waals surface area (Å²) in [5.74, 6) is -0.228. The van der Waals surface area contributed by atoms with Crippen molar-refractivity contribution >= 4 is 26.8 Å². The Hall–Kier alpha value is -0.940. The van der Waals surface area contributed by atoms with Gasteiger partial charge < -0.3 is 4.74 Å². The fraction of sp³-hybridized carbons (Fsp3) is 0.462. The molecule has 1 aliphatic rings. The molecule has 0 radical (unpaired) electrons. The smallest absolute Gasteiger partial charge is 0.135 e. The number of hydrogen-bond acceptors (Lipinski definition) is 2. The van der Waals surface area contributed by atoms with E-state index in [4.69, 9.17) is 4.74 Å². The molecule has 5 heteroatoms. The van der Waals surface area contributed by atoms with Gasteiger partial charge in [0.25, 0.3) is 0 Å². The first-order chi connectivity index (χ1) is 8.66. The topological polar surface area (TPSA) is 27.1 Å². The first kappa shape index (κ1) is 13.5. The number of ether oxygens (including phenoxy) is 1. The summed E-state index contributed by atoms with van der Waals surface area (Å²) in [7, 11) is 0. The maximum absolute atomic E-state index is 13.8.